The number of thioether (sulfide) groups is 1. The Morgan fingerprint density at radius 2 is 2.10 bits per heavy atom. The van der Waals surface area contributed by atoms with E-state index in [1.165, 1.54) is 42.8 Å². The summed E-state index contributed by atoms with van der Waals surface area (Å²) in [6.45, 7) is 1.45. The van der Waals surface area contributed by atoms with Crippen molar-refractivity contribution >= 4 is 29.3 Å². The SMILES string of the molecule is CSc1ccc([N+](=O)[O-])c(C(=O)N(C)CC(C)C(=O)O)c1. The number of carbonyl (C=O) groups is 2. The highest BCUT2D eigenvalue weighted by molar-refractivity contribution is 7.98. The number of carboxylic acid groups (broad SMARTS) is 1. The topological polar surface area (TPSA) is 101 Å². The van der Waals surface area contributed by atoms with Gasteiger partial charge in [-0.2, -0.15) is 0 Å². The van der Waals surface area contributed by atoms with Crippen LogP contribution in [-0.2, 0) is 4.79 Å². The van der Waals surface area contributed by atoms with Crippen LogP contribution >= 0.6 is 11.8 Å². The maximum absolute atomic E-state index is 12.3. The van der Waals surface area contributed by atoms with Gasteiger partial charge in [0.2, 0.25) is 0 Å². The van der Waals surface area contributed by atoms with Crippen molar-refractivity contribution in [3.8, 4) is 0 Å². The van der Waals surface area contributed by atoms with Gasteiger partial charge in [0.15, 0.2) is 0 Å². The van der Waals surface area contributed by atoms with Crippen molar-refractivity contribution in [1.82, 2.24) is 4.90 Å². The minimum atomic E-state index is -1.03. The summed E-state index contributed by atoms with van der Waals surface area (Å²) in [4.78, 5) is 35.4. The molecule has 8 heteroatoms. The number of carbonyl (C=O) groups excluding carboxylic acids is 1. The standard InChI is InChI=1S/C13H16N2O5S/c1-8(13(17)18)7-14(2)12(16)10-6-9(21-3)4-5-11(10)15(19)20/h4-6,8H,7H2,1-3H3,(H,17,18). The zero-order valence-corrected chi connectivity index (χ0v) is 12.7. The molecule has 0 fully saturated rings. The molecule has 1 atom stereocenters. The summed E-state index contributed by atoms with van der Waals surface area (Å²) >= 11 is 1.36. The Bertz CT molecular complexity index is 576. The van der Waals surface area contributed by atoms with Crippen molar-refractivity contribution in [3.63, 3.8) is 0 Å². The van der Waals surface area contributed by atoms with Crippen LogP contribution in [0, 0.1) is 16.0 Å². The number of amides is 1. The molecule has 1 aromatic rings. The highest BCUT2D eigenvalue weighted by Gasteiger charge is 2.25. The maximum atomic E-state index is 12.3. The van der Waals surface area contributed by atoms with Crippen LogP contribution in [0.4, 0.5) is 5.69 Å². The minimum Gasteiger partial charge on any atom is -0.481 e. The van der Waals surface area contributed by atoms with Gasteiger partial charge in [0, 0.05) is 24.6 Å². The van der Waals surface area contributed by atoms with Crippen LogP contribution in [0.2, 0.25) is 0 Å². The molecule has 0 spiro atoms. The molecule has 1 rings (SSSR count). The molecule has 0 radical (unpaired) electrons. The van der Waals surface area contributed by atoms with Gasteiger partial charge in [0.05, 0.1) is 10.8 Å². The smallest absolute Gasteiger partial charge is 0.308 e. The lowest BCUT2D eigenvalue weighted by Gasteiger charge is -2.19. The zero-order valence-electron chi connectivity index (χ0n) is 11.9. The first-order valence-corrected chi connectivity index (χ1v) is 7.31. The van der Waals surface area contributed by atoms with E-state index >= 15 is 0 Å². The molecular weight excluding hydrogens is 296 g/mol. The molecule has 0 bridgehead atoms. The summed E-state index contributed by atoms with van der Waals surface area (Å²) in [5, 5.41) is 19.9. The predicted molar refractivity (Wildman–Crippen MR) is 78.6 cm³/mol. The molecular formula is C13H16N2O5S. The van der Waals surface area contributed by atoms with Crippen LogP contribution in [-0.4, -0.2) is 46.7 Å². The summed E-state index contributed by atoms with van der Waals surface area (Å²) in [5.41, 5.74) is -0.320. The fourth-order valence-electron chi connectivity index (χ4n) is 1.75. The summed E-state index contributed by atoms with van der Waals surface area (Å²) in [6, 6.07) is 4.31. The second-order valence-corrected chi connectivity index (χ2v) is 5.44. The molecule has 21 heavy (non-hydrogen) atoms. The molecule has 0 aliphatic rings. The first-order valence-electron chi connectivity index (χ1n) is 6.08. The quantitative estimate of drug-likeness (QED) is 0.490. The molecule has 7 nitrogen and oxygen atoms in total. The van der Waals surface area contributed by atoms with Crippen molar-refractivity contribution < 1.29 is 19.6 Å². The monoisotopic (exact) mass is 312 g/mol. The van der Waals surface area contributed by atoms with Crippen molar-refractivity contribution in [2.45, 2.75) is 11.8 Å². The van der Waals surface area contributed by atoms with Crippen LogP contribution < -0.4 is 0 Å². The van der Waals surface area contributed by atoms with Gasteiger partial charge in [-0.05, 0) is 18.4 Å². The van der Waals surface area contributed by atoms with Gasteiger partial charge in [-0.3, -0.25) is 19.7 Å². The first kappa shape index (κ1) is 17.0. The first-order chi connectivity index (χ1) is 9.77. The second kappa shape index (κ2) is 7.07. The summed E-state index contributed by atoms with van der Waals surface area (Å²) < 4.78 is 0. The highest BCUT2D eigenvalue weighted by atomic mass is 32.2. The highest BCUT2D eigenvalue weighted by Crippen LogP contribution is 2.26. The third-order valence-electron chi connectivity index (χ3n) is 2.95. The van der Waals surface area contributed by atoms with E-state index in [0.29, 0.717) is 0 Å². The molecule has 0 heterocycles. The summed E-state index contributed by atoms with van der Waals surface area (Å²) in [7, 11) is 1.43. The van der Waals surface area contributed by atoms with E-state index in [0.717, 1.165) is 4.90 Å². The van der Waals surface area contributed by atoms with Crippen molar-refractivity contribution in [2.75, 3.05) is 19.8 Å². The van der Waals surface area contributed by atoms with Gasteiger partial charge in [-0.1, -0.05) is 6.92 Å². The van der Waals surface area contributed by atoms with E-state index in [-0.39, 0.29) is 17.8 Å². The molecule has 1 N–H and O–H groups in total. The number of rotatable bonds is 6. The van der Waals surface area contributed by atoms with E-state index in [9.17, 15) is 19.7 Å². The molecule has 0 saturated carbocycles. The van der Waals surface area contributed by atoms with E-state index in [1.54, 1.807) is 12.3 Å². The third-order valence-corrected chi connectivity index (χ3v) is 3.67. The molecule has 1 unspecified atom stereocenters. The number of aliphatic carboxylic acids is 1. The molecule has 0 saturated heterocycles. The van der Waals surface area contributed by atoms with E-state index < -0.39 is 22.7 Å². The molecule has 1 aromatic carbocycles. The molecule has 0 aliphatic heterocycles. The Labute approximate surface area is 126 Å². The van der Waals surface area contributed by atoms with Crippen LogP contribution in [0.5, 0.6) is 0 Å². The fraction of sp³-hybridized carbons (Fsp3) is 0.385. The predicted octanol–water partition coefficient (Wildman–Crippen LogP) is 2.11. The minimum absolute atomic E-state index is 0.0190. The van der Waals surface area contributed by atoms with Crippen molar-refractivity contribution in [3.05, 3.63) is 33.9 Å². The number of nitrogens with zero attached hydrogens (tertiary/aromatic N) is 2. The number of hydrogen-bond donors (Lipinski definition) is 1. The molecule has 114 valence electrons. The second-order valence-electron chi connectivity index (χ2n) is 4.57. The number of hydrogen-bond acceptors (Lipinski definition) is 5. The lowest BCUT2D eigenvalue weighted by molar-refractivity contribution is -0.385. The van der Waals surface area contributed by atoms with Crippen LogP contribution in [0.3, 0.4) is 0 Å². The van der Waals surface area contributed by atoms with Gasteiger partial charge in [0.1, 0.15) is 5.56 Å². The van der Waals surface area contributed by atoms with E-state index in [1.807, 2.05) is 0 Å². The van der Waals surface area contributed by atoms with Gasteiger partial charge in [0.25, 0.3) is 11.6 Å². The maximum Gasteiger partial charge on any atom is 0.308 e. The van der Waals surface area contributed by atoms with Crippen LogP contribution in [0.25, 0.3) is 0 Å². The molecule has 0 aromatic heterocycles. The van der Waals surface area contributed by atoms with E-state index in [4.69, 9.17) is 5.11 Å². The lowest BCUT2D eigenvalue weighted by atomic mass is 10.1. The lowest BCUT2D eigenvalue weighted by Crippen LogP contribution is -2.34. The zero-order chi connectivity index (χ0) is 16.2. The average Bonchev–Trinajstić information content (AvgIpc) is 2.45. The number of benzene rings is 1. The Morgan fingerprint density at radius 1 is 1.48 bits per heavy atom. The number of nitro benzene ring substituents is 1. The van der Waals surface area contributed by atoms with Crippen LogP contribution in [0.1, 0.15) is 17.3 Å². The Hall–Kier alpha value is -2.09. The van der Waals surface area contributed by atoms with Crippen molar-refractivity contribution in [2.24, 2.45) is 5.92 Å². The van der Waals surface area contributed by atoms with Gasteiger partial charge in [-0.25, -0.2) is 0 Å². The average molecular weight is 312 g/mol. The normalized spacial score (nSPS) is 11.8. The van der Waals surface area contributed by atoms with Gasteiger partial charge >= 0.3 is 5.97 Å². The van der Waals surface area contributed by atoms with E-state index in [2.05, 4.69) is 0 Å². The Balaban J connectivity index is 3.10. The summed E-state index contributed by atoms with van der Waals surface area (Å²) in [6.07, 6.45) is 1.80. The van der Waals surface area contributed by atoms with Gasteiger partial charge in [-0.15, -0.1) is 11.8 Å². The third kappa shape index (κ3) is 4.19. The fourth-order valence-corrected chi connectivity index (χ4v) is 2.19. The Morgan fingerprint density at radius 3 is 2.57 bits per heavy atom. The molecule has 0 aliphatic carbocycles. The summed E-state index contributed by atoms with van der Waals surface area (Å²) in [5.74, 6) is -2.34. The molecule has 1 amide bonds. The van der Waals surface area contributed by atoms with Crippen molar-refractivity contribution in [1.29, 1.82) is 0 Å². The number of nitro groups is 1. The number of carboxylic acids is 1. The Kier molecular flexibility index (Phi) is 5.71. The van der Waals surface area contributed by atoms with Gasteiger partial charge < -0.3 is 10.0 Å². The largest absolute Gasteiger partial charge is 0.481 e. The van der Waals surface area contributed by atoms with Crippen LogP contribution in [0.15, 0.2) is 23.1 Å².